The molecule has 12 heteroatoms. The molecule has 1 fully saturated rings. The van der Waals surface area contributed by atoms with Crippen molar-refractivity contribution in [1.82, 2.24) is 0 Å². The number of benzene rings is 2. The van der Waals surface area contributed by atoms with Gasteiger partial charge in [-0.15, -0.1) is 0 Å². The van der Waals surface area contributed by atoms with E-state index >= 15 is 0 Å². The third kappa shape index (κ3) is 4.05. The molecule has 0 bridgehead atoms. The first-order chi connectivity index (χ1) is 16.1. The van der Waals surface area contributed by atoms with E-state index in [0.29, 0.717) is 0 Å². The molecule has 34 heavy (non-hydrogen) atoms. The zero-order chi connectivity index (χ0) is 24.7. The number of hydrogen-bond donors (Lipinski definition) is 6. The molecule has 4 atom stereocenters. The van der Waals surface area contributed by atoms with Gasteiger partial charge in [0.2, 0.25) is 23.2 Å². The van der Waals surface area contributed by atoms with Crippen LogP contribution in [0.25, 0.3) is 22.3 Å². The Hall–Kier alpha value is -4.00. The van der Waals surface area contributed by atoms with Gasteiger partial charge in [0.15, 0.2) is 29.3 Å². The molecule has 0 unspecified atom stereocenters. The molecule has 0 spiro atoms. The lowest BCUT2D eigenvalue weighted by Gasteiger charge is -2.36. The van der Waals surface area contributed by atoms with Crippen molar-refractivity contribution in [2.45, 2.75) is 31.5 Å². The zero-order valence-corrected chi connectivity index (χ0v) is 17.5. The molecular formula is C22H20O12. The van der Waals surface area contributed by atoms with Gasteiger partial charge in [0, 0.05) is 18.6 Å². The van der Waals surface area contributed by atoms with Crippen LogP contribution in [0.2, 0.25) is 0 Å². The fourth-order valence-electron chi connectivity index (χ4n) is 3.55. The molecule has 0 amide bonds. The summed E-state index contributed by atoms with van der Waals surface area (Å²) >= 11 is 0. The van der Waals surface area contributed by atoms with Gasteiger partial charge in [-0.2, -0.15) is 0 Å². The van der Waals surface area contributed by atoms with Gasteiger partial charge in [0.25, 0.3) is 0 Å². The highest BCUT2D eigenvalue weighted by molar-refractivity contribution is 5.93. The van der Waals surface area contributed by atoms with E-state index in [2.05, 4.69) is 0 Å². The molecule has 3 aromatic rings. The molecule has 180 valence electrons. The van der Waals surface area contributed by atoms with Crippen LogP contribution in [0.3, 0.4) is 0 Å². The van der Waals surface area contributed by atoms with Gasteiger partial charge < -0.3 is 49.3 Å². The van der Waals surface area contributed by atoms with E-state index in [1.165, 1.54) is 24.3 Å². The van der Waals surface area contributed by atoms with Gasteiger partial charge in [-0.05, 0) is 24.3 Å². The molecule has 0 saturated carbocycles. The highest BCUT2D eigenvalue weighted by Crippen LogP contribution is 2.43. The summed E-state index contributed by atoms with van der Waals surface area (Å²) in [6, 6.07) is 6.02. The van der Waals surface area contributed by atoms with E-state index < -0.39 is 76.6 Å². The zero-order valence-electron chi connectivity index (χ0n) is 17.5. The van der Waals surface area contributed by atoms with E-state index in [4.69, 9.17) is 18.6 Å². The molecule has 1 saturated heterocycles. The Labute approximate surface area is 190 Å². The van der Waals surface area contributed by atoms with Crippen LogP contribution < -0.4 is 10.2 Å². The second-order valence-electron chi connectivity index (χ2n) is 7.56. The molecule has 0 aliphatic carbocycles. The Bertz CT molecular complexity index is 1300. The lowest BCUT2D eigenvalue weighted by Crippen LogP contribution is -2.56. The van der Waals surface area contributed by atoms with Gasteiger partial charge in [-0.3, -0.25) is 9.59 Å². The molecular weight excluding hydrogens is 456 g/mol. The van der Waals surface area contributed by atoms with E-state index in [-0.39, 0.29) is 17.1 Å². The van der Waals surface area contributed by atoms with Gasteiger partial charge in [-0.25, -0.2) is 0 Å². The number of aliphatic hydroxyl groups excluding tert-OH is 2. The van der Waals surface area contributed by atoms with Crippen molar-refractivity contribution >= 4 is 16.9 Å². The fourth-order valence-corrected chi connectivity index (χ4v) is 3.55. The highest BCUT2D eigenvalue weighted by Gasteiger charge is 2.43. The molecule has 1 aliphatic heterocycles. The Morgan fingerprint density at radius 3 is 2.38 bits per heavy atom. The average Bonchev–Trinajstić information content (AvgIpc) is 2.77. The SMILES string of the molecule is CC(=O)O[C@@H]1[C@H](O)[C@H](Oc2c(O)cc(O)c3c(=O)c(O)c(-c4ccc(O)cc4)oc23)OC[C@@H]1O. The quantitative estimate of drug-likeness (QED) is 0.288. The van der Waals surface area contributed by atoms with Crippen molar-refractivity contribution in [1.29, 1.82) is 0 Å². The third-order valence-electron chi connectivity index (χ3n) is 5.15. The van der Waals surface area contributed by atoms with Gasteiger partial charge >= 0.3 is 5.97 Å². The Morgan fingerprint density at radius 1 is 1.06 bits per heavy atom. The maximum atomic E-state index is 12.8. The highest BCUT2D eigenvalue weighted by atomic mass is 16.7. The molecule has 2 aromatic carbocycles. The molecule has 12 nitrogen and oxygen atoms in total. The van der Waals surface area contributed by atoms with Gasteiger partial charge in [-0.1, -0.05) is 0 Å². The molecule has 6 N–H and O–H groups in total. The Morgan fingerprint density at radius 2 is 1.74 bits per heavy atom. The average molecular weight is 476 g/mol. The van der Waals surface area contributed by atoms with Gasteiger partial charge in [0.05, 0.1) is 6.61 Å². The van der Waals surface area contributed by atoms with Crippen LogP contribution in [0.1, 0.15) is 6.92 Å². The number of phenols is 3. The van der Waals surface area contributed by atoms with E-state index in [1.807, 2.05) is 0 Å². The van der Waals surface area contributed by atoms with Crippen LogP contribution in [-0.2, 0) is 14.3 Å². The number of aliphatic hydroxyl groups is 2. The maximum Gasteiger partial charge on any atom is 0.303 e. The number of phenolic OH excluding ortho intramolecular Hbond substituents is 3. The molecule has 0 radical (unpaired) electrons. The second kappa shape index (κ2) is 8.74. The maximum absolute atomic E-state index is 12.8. The second-order valence-corrected chi connectivity index (χ2v) is 7.56. The van der Waals surface area contributed by atoms with E-state index in [1.54, 1.807) is 0 Å². The fraction of sp³-hybridized carbons (Fsp3) is 0.273. The molecule has 2 heterocycles. The summed E-state index contributed by atoms with van der Waals surface area (Å²) in [5, 5.41) is 60.5. The van der Waals surface area contributed by atoms with Crippen molar-refractivity contribution in [2.75, 3.05) is 6.61 Å². The van der Waals surface area contributed by atoms with Crippen LogP contribution in [0, 0.1) is 0 Å². The summed E-state index contributed by atoms with van der Waals surface area (Å²) < 4.78 is 21.3. The summed E-state index contributed by atoms with van der Waals surface area (Å²) in [4.78, 5) is 24.1. The standard InChI is InChI=1S/C22H20O12/c1-8(23)32-19-13(27)7-31-22(17(19)30)34-20-12(26)6-11(25)14-15(28)16(29)18(33-21(14)20)9-2-4-10(24)5-3-9/h2-6,13,17,19,22,24-27,29-30H,7H2,1H3/t13-,17-,19-,22-/m0/s1. The predicted molar refractivity (Wildman–Crippen MR) is 113 cm³/mol. The smallest absolute Gasteiger partial charge is 0.303 e. The predicted octanol–water partition coefficient (Wildman–Crippen LogP) is 0.671. The summed E-state index contributed by atoms with van der Waals surface area (Å²) in [6.07, 6.45) is -6.08. The van der Waals surface area contributed by atoms with Gasteiger partial charge in [0.1, 0.15) is 23.0 Å². The normalized spacial score (nSPS) is 22.4. The summed E-state index contributed by atoms with van der Waals surface area (Å²) in [5.74, 6) is -4.03. The van der Waals surface area contributed by atoms with Crippen LogP contribution >= 0.6 is 0 Å². The van der Waals surface area contributed by atoms with Crippen LogP contribution in [0.5, 0.6) is 28.7 Å². The Balaban J connectivity index is 1.83. The number of carbonyl (C=O) groups excluding carboxylic acids is 1. The van der Waals surface area contributed by atoms with E-state index in [0.717, 1.165) is 13.0 Å². The first kappa shape index (κ1) is 23.2. The number of esters is 1. The number of rotatable bonds is 4. The monoisotopic (exact) mass is 476 g/mol. The van der Waals surface area contributed by atoms with Crippen molar-refractivity contribution in [3.63, 3.8) is 0 Å². The first-order valence-corrected chi connectivity index (χ1v) is 9.94. The van der Waals surface area contributed by atoms with Crippen LogP contribution in [0.15, 0.2) is 39.5 Å². The number of hydrogen-bond acceptors (Lipinski definition) is 12. The van der Waals surface area contributed by atoms with Crippen molar-refractivity contribution in [3.05, 3.63) is 40.6 Å². The largest absolute Gasteiger partial charge is 0.508 e. The minimum Gasteiger partial charge on any atom is -0.508 e. The van der Waals surface area contributed by atoms with E-state index in [9.17, 15) is 40.2 Å². The van der Waals surface area contributed by atoms with Crippen molar-refractivity contribution < 1.29 is 54.1 Å². The minimum absolute atomic E-state index is 0.0846. The number of aromatic hydroxyl groups is 4. The van der Waals surface area contributed by atoms with Crippen molar-refractivity contribution in [2.24, 2.45) is 0 Å². The summed E-state index contributed by atoms with van der Waals surface area (Å²) in [6.45, 7) is 0.677. The minimum atomic E-state index is -1.71. The lowest BCUT2D eigenvalue weighted by molar-refractivity contribution is -0.248. The Kier molecular flexibility index (Phi) is 5.96. The number of fused-ring (bicyclic) bond motifs is 1. The first-order valence-electron chi connectivity index (χ1n) is 9.94. The third-order valence-corrected chi connectivity index (χ3v) is 5.15. The number of carbonyl (C=O) groups is 1. The number of ether oxygens (including phenoxy) is 3. The van der Waals surface area contributed by atoms with Crippen LogP contribution in [0.4, 0.5) is 0 Å². The summed E-state index contributed by atoms with van der Waals surface area (Å²) in [7, 11) is 0. The molecule has 1 aromatic heterocycles. The summed E-state index contributed by atoms with van der Waals surface area (Å²) in [5.41, 5.74) is -1.37. The van der Waals surface area contributed by atoms with Crippen molar-refractivity contribution in [3.8, 4) is 40.1 Å². The lowest BCUT2D eigenvalue weighted by atomic mass is 10.0. The topological polar surface area (TPSA) is 196 Å². The molecule has 4 rings (SSSR count). The molecule has 1 aliphatic rings. The van der Waals surface area contributed by atoms with Crippen LogP contribution in [-0.4, -0.2) is 67.8 Å².